The first-order valence-electron chi connectivity index (χ1n) is 7.50. The third kappa shape index (κ3) is 3.19. The molecule has 1 aromatic heterocycles. The molecule has 2 rings (SSSR count). The molecule has 5 heteroatoms. The predicted molar refractivity (Wildman–Crippen MR) is 87.3 cm³/mol. The summed E-state index contributed by atoms with van der Waals surface area (Å²) in [5.41, 5.74) is 3.63. The van der Waals surface area contributed by atoms with E-state index < -0.39 is 0 Å². The normalized spacial score (nSPS) is 18.7. The van der Waals surface area contributed by atoms with E-state index >= 15 is 0 Å². The van der Waals surface area contributed by atoms with Crippen LogP contribution >= 0.6 is 11.8 Å². The summed E-state index contributed by atoms with van der Waals surface area (Å²) >= 11 is 1.92. The zero-order chi connectivity index (χ0) is 14.7. The summed E-state index contributed by atoms with van der Waals surface area (Å²) < 4.78 is 1.95. The van der Waals surface area contributed by atoms with Crippen LogP contribution in [0.15, 0.2) is 4.99 Å². The number of aliphatic imine (C=N–C) groups is 1. The summed E-state index contributed by atoms with van der Waals surface area (Å²) in [4.78, 5) is 4.66. The molecule has 20 heavy (non-hydrogen) atoms. The number of thioether (sulfide) groups is 1. The molecule has 1 unspecified atom stereocenters. The highest BCUT2D eigenvalue weighted by Crippen LogP contribution is 2.30. The fourth-order valence-electron chi connectivity index (χ4n) is 2.79. The van der Waals surface area contributed by atoms with E-state index in [0.717, 1.165) is 29.9 Å². The van der Waals surface area contributed by atoms with Crippen molar-refractivity contribution in [1.29, 1.82) is 0 Å². The number of aromatic nitrogens is 2. The maximum absolute atomic E-state index is 4.66. The molecule has 0 fully saturated rings. The minimum absolute atomic E-state index is 0.656. The molecule has 1 aliphatic rings. The summed E-state index contributed by atoms with van der Waals surface area (Å²) in [5.74, 6) is 0.782. The van der Waals surface area contributed by atoms with Gasteiger partial charge in [-0.2, -0.15) is 5.10 Å². The van der Waals surface area contributed by atoms with E-state index in [1.54, 1.807) is 0 Å². The Morgan fingerprint density at radius 2 is 2.05 bits per heavy atom. The predicted octanol–water partition coefficient (Wildman–Crippen LogP) is 3.03. The summed E-state index contributed by atoms with van der Waals surface area (Å²) in [5, 5.41) is 9.70. The van der Waals surface area contributed by atoms with Crippen LogP contribution < -0.4 is 5.32 Å². The molecule has 1 aromatic rings. The highest BCUT2D eigenvalue weighted by atomic mass is 32.2. The average Bonchev–Trinajstić information content (AvgIpc) is 2.97. The van der Waals surface area contributed by atoms with Crippen LogP contribution in [0.2, 0.25) is 0 Å². The summed E-state index contributed by atoms with van der Waals surface area (Å²) in [6.07, 6.45) is 2.50. The Kier molecular flexibility index (Phi) is 5.13. The summed E-state index contributed by atoms with van der Waals surface area (Å²) in [6.45, 7) is 10.5. The van der Waals surface area contributed by atoms with Crippen LogP contribution in [0.5, 0.6) is 0 Å². The van der Waals surface area contributed by atoms with Gasteiger partial charge in [-0.15, -0.1) is 0 Å². The van der Waals surface area contributed by atoms with E-state index in [9.17, 15) is 0 Å². The Hall–Kier alpha value is -0.970. The standard InChI is InChI=1S/C15H26N4S/c1-6-12(7-2)14-9-17-15(20-14)16-8-13-10(3)18-19(5)11(13)4/h12,14H,6-9H2,1-5H3,(H,16,17). The minimum Gasteiger partial charge on any atom is -0.361 e. The van der Waals surface area contributed by atoms with Gasteiger partial charge >= 0.3 is 0 Å². The number of amidine groups is 1. The molecular weight excluding hydrogens is 268 g/mol. The maximum atomic E-state index is 4.66. The van der Waals surface area contributed by atoms with E-state index in [0.29, 0.717) is 5.25 Å². The van der Waals surface area contributed by atoms with Crippen LogP contribution in [0.3, 0.4) is 0 Å². The largest absolute Gasteiger partial charge is 0.361 e. The number of aryl methyl sites for hydroxylation is 2. The van der Waals surface area contributed by atoms with Crippen LogP contribution in [-0.2, 0) is 13.6 Å². The SMILES string of the molecule is CCC(CC)C1CN=C(NCc2c(C)nn(C)c2C)S1. The molecule has 0 bridgehead atoms. The molecule has 0 saturated heterocycles. The number of nitrogens with one attached hydrogen (secondary N) is 1. The molecule has 0 amide bonds. The van der Waals surface area contributed by atoms with E-state index in [4.69, 9.17) is 0 Å². The van der Waals surface area contributed by atoms with Crippen molar-refractivity contribution in [1.82, 2.24) is 15.1 Å². The third-order valence-corrected chi connectivity index (χ3v) is 5.66. The van der Waals surface area contributed by atoms with E-state index in [-0.39, 0.29) is 0 Å². The number of hydrogen-bond acceptors (Lipinski definition) is 4. The monoisotopic (exact) mass is 294 g/mol. The quantitative estimate of drug-likeness (QED) is 0.907. The highest BCUT2D eigenvalue weighted by molar-refractivity contribution is 8.14. The van der Waals surface area contributed by atoms with Crippen LogP contribution in [0.1, 0.15) is 43.6 Å². The average molecular weight is 294 g/mol. The Morgan fingerprint density at radius 3 is 2.60 bits per heavy atom. The lowest BCUT2D eigenvalue weighted by Crippen LogP contribution is -2.21. The van der Waals surface area contributed by atoms with Crippen LogP contribution in [-0.4, -0.2) is 26.7 Å². The van der Waals surface area contributed by atoms with Crippen molar-refractivity contribution < 1.29 is 0 Å². The molecular formula is C15H26N4S. The molecule has 0 aromatic carbocycles. The third-order valence-electron chi connectivity index (χ3n) is 4.33. The van der Waals surface area contributed by atoms with Crippen molar-refractivity contribution in [2.75, 3.05) is 6.54 Å². The Morgan fingerprint density at radius 1 is 1.35 bits per heavy atom. The fraction of sp³-hybridized carbons (Fsp3) is 0.733. The molecule has 0 saturated carbocycles. The topological polar surface area (TPSA) is 42.2 Å². The fourth-order valence-corrected chi connectivity index (χ4v) is 4.10. The van der Waals surface area contributed by atoms with Gasteiger partial charge in [0, 0.05) is 30.1 Å². The van der Waals surface area contributed by atoms with Gasteiger partial charge in [-0.05, 0) is 19.8 Å². The molecule has 2 heterocycles. The van der Waals surface area contributed by atoms with Gasteiger partial charge in [-0.3, -0.25) is 9.67 Å². The van der Waals surface area contributed by atoms with Crippen molar-refractivity contribution in [2.24, 2.45) is 18.0 Å². The Bertz CT molecular complexity index is 488. The summed E-state index contributed by atoms with van der Waals surface area (Å²) in [7, 11) is 2.00. The first-order chi connectivity index (χ1) is 9.56. The molecule has 1 aliphatic heterocycles. The number of hydrogen-bond donors (Lipinski definition) is 1. The minimum atomic E-state index is 0.656. The van der Waals surface area contributed by atoms with Gasteiger partial charge in [0.05, 0.1) is 12.2 Å². The van der Waals surface area contributed by atoms with Crippen molar-refractivity contribution in [3.8, 4) is 0 Å². The van der Waals surface area contributed by atoms with Crippen molar-refractivity contribution in [3.05, 3.63) is 17.0 Å². The first-order valence-corrected chi connectivity index (χ1v) is 8.38. The lowest BCUT2D eigenvalue weighted by Gasteiger charge is -2.18. The number of rotatable bonds is 5. The number of nitrogens with zero attached hydrogens (tertiary/aromatic N) is 3. The highest BCUT2D eigenvalue weighted by Gasteiger charge is 2.25. The molecule has 0 aliphatic carbocycles. The van der Waals surface area contributed by atoms with Gasteiger partial charge < -0.3 is 5.32 Å². The van der Waals surface area contributed by atoms with E-state index in [1.807, 2.05) is 23.5 Å². The Balaban J connectivity index is 1.90. The second-order valence-electron chi connectivity index (χ2n) is 5.51. The van der Waals surface area contributed by atoms with Crippen LogP contribution in [0, 0.1) is 19.8 Å². The second-order valence-corrected chi connectivity index (χ2v) is 6.73. The molecule has 0 spiro atoms. The van der Waals surface area contributed by atoms with E-state index in [2.05, 4.69) is 43.1 Å². The van der Waals surface area contributed by atoms with Crippen LogP contribution in [0.4, 0.5) is 0 Å². The lowest BCUT2D eigenvalue weighted by atomic mass is 9.99. The maximum Gasteiger partial charge on any atom is 0.157 e. The van der Waals surface area contributed by atoms with Crippen LogP contribution in [0.25, 0.3) is 0 Å². The molecule has 112 valence electrons. The van der Waals surface area contributed by atoms with Gasteiger partial charge in [-0.25, -0.2) is 0 Å². The van der Waals surface area contributed by atoms with Gasteiger partial charge in [0.15, 0.2) is 5.17 Å². The first kappa shape index (κ1) is 15.4. The smallest absolute Gasteiger partial charge is 0.157 e. The van der Waals surface area contributed by atoms with Gasteiger partial charge in [0.1, 0.15) is 0 Å². The zero-order valence-electron chi connectivity index (χ0n) is 13.2. The lowest BCUT2D eigenvalue weighted by molar-refractivity contribution is 0.479. The van der Waals surface area contributed by atoms with Crippen molar-refractivity contribution >= 4 is 16.9 Å². The van der Waals surface area contributed by atoms with Gasteiger partial charge in [0.2, 0.25) is 0 Å². The second kappa shape index (κ2) is 6.66. The zero-order valence-corrected chi connectivity index (χ0v) is 14.0. The van der Waals surface area contributed by atoms with E-state index in [1.165, 1.54) is 24.1 Å². The summed E-state index contributed by atoms with van der Waals surface area (Å²) in [6, 6.07) is 0. The van der Waals surface area contributed by atoms with Crippen molar-refractivity contribution in [2.45, 2.75) is 52.3 Å². The molecule has 1 atom stereocenters. The molecule has 4 nitrogen and oxygen atoms in total. The Labute approximate surface area is 126 Å². The molecule has 0 radical (unpaired) electrons. The molecule has 1 N–H and O–H groups in total. The van der Waals surface area contributed by atoms with Gasteiger partial charge in [-0.1, -0.05) is 38.5 Å². The van der Waals surface area contributed by atoms with Crippen molar-refractivity contribution in [3.63, 3.8) is 0 Å². The van der Waals surface area contributed by atoms with Gasteiger partial charge in [0.25, 0.3) is 0 Å².